The van der Waals surface area contributed by atoms with Crippen molar-refractivity contribution < 1.29 is 8.42 Å². The highest BCUT2D eigenvalue weighted by Crippen LogP contribution is 2.19. The van der Waals surface area contributed by atoms with Crippen molar-refractivity contribution in [3.63, 3.8) is 0 Å². The van der Waals surface area contributed by atoms with E-state index in [1.54, 1.807) is 0 Å². The number of halogens is 1. The molecule has 0 unspecified atom stereocenters. The zero-order valence-corrected chi connectivity index (χ0v) is 12.4. The Morgan fingerprint density at radius 2 is 2.11 bits per heavy atom. The number of benzene rings is 1. The van der Waals surface area contributed by atoms with Crippen LogP contribution in [-0.4, -0.2) is 40.5 Å². The molecule has 1 aromatic rings. The van der Waals surface area contributed by atoms with Gasteiger partial charge >= 0.3 is 0 Å². The predicted octanol–water partition coefficient (Wildman–Crippen LogP) is 1.44. The Hall–Kier alpha value is -1.13. The molecule has 0 aromatic heterocycles. The van der Waals surface area contributed by atoms with Crippen LogP contribution < -0.4 is 4.72 Å². The van der Waals surface area contributed by atoms with Crippen molar-refractivity contribution in [2.45, 2.75) is 11.3 Å². The fourth-order valence-electron chi connectivity index (χ4n) is 1.44. The van der Waals surface area contributed by atoms with Crippen LogP contribution in [0.4, 0.5) is 0 Å². The van der Waals surface area contributed by atoms with Gasteiger partial charge in [0.25, 0.3) is 0 Å². The molecule has 0 aliphatic heterocycles. The van der Waals surface area contributed by atoms with Crippen molar-refractivity contribution >= 4 is 21.6 Å². The first-order valence-corrected chi connectivity index (χ1v) is 7.57. The van der Waals surface area contributed by atoms with Crippen LogP contribution >= 0.6 is 11.6 Å². The normalized spacial score (nSPS) is 11.5. The highest BCUT2D eigenvalue weighted by Gasteiger charge is 2.15. The Balaban J connectivity index is 2.73. The third-order valence-electron chi connectivity index (χ3n) is 2.45. The number of nitrogens with zero attached hydrogens (tertiary/aromatic N) is 2. The van der Waals surface area contributed by atoms with Gasteiger partial charge < -0.3 is 4.90 Å². The molecule has 0 heterocycles. The van der Waals surface area contributed by atoms with Gasteiger partial charge in [-0.25, -0.2) is 13.1 Å². The Kier molecular flexibility index (Phi) is 5.76. The molecular formula is C12H16ClN3O2S. The maximum Gasteiger partial charge on any atom is 0.240 e. The van der Waals surface area contributed by atoms with Crippen molar-refractivity contribution in [1.29, 1.82) is 5.26 Å². The number of hydrogen-bond acceptors (Lipinski definition) is 4. The lowest BCUT2D eigenvalue weighted by molar-refractivity contribution is 0.400. The van der Waals surface area contributed by atoms with Crippen LogP contribution in [0.25, 0.3) is 0 Å². The van der Waals surface area contributed by atoms with Crippen LogP contribution in [0.3, 0.4) is 0 Å². The standard InChI is InChI=1S/C12H16ClN3O2S/c1-16(2)7-3-6-15-19(17,18)11-5-4-10(9-14)12(13)8-11/h4-5,8,15H,3,6-7H2,1-2H3. The molecule has 0 saturated heterocycles. The van der Waals surface area contributed by atoms with E-state index in [1.165, 1.54) is 18.2 Å². The summed E-state index contributed by atoms with van der Waals surface area (Å²) in [5.74, 6) is 0. The molecule has 0 aliphatic carbocycles. The Labute approximate surface area is 118 Å². The van der Waals surface area contributed by atoms with Gasteiger partial charge in [0.1, 0.15) is 6.07 Å². The molecule has 104 valence electrons. The molecule has 19 heavy (non-hydrogen) atoms. The average molecular weight is 302 g/mol. The summed E-state index contributed by atoms with van der Waals surface area (Å²) >= 11 is 5.82. The van der Waals surface area contributed by atoms with Crippen molar-refractivity contribution in [2.75, 3.05) is 27.2 Å². The molecule has 0 spiro atoms. The fourth-order valence-corrected chi connectivity index (χ4v) is 2.83. The maximum absolute atomic E-state index is 12.0. The zero-order valence-electron chi connectivity index (χ0n) is 10.9. The van der Waals surface area contributed by atoms with E-state index in [0.29, 0.717) is 6.54 Å². The van der Waals surface area contributed by atoms with E-state index in [2.05, 4.69) is 4.72 Å². The minimum Gasteiger partial charge on any atom is -0.309 e. The highest BCUT2D eigenvalue weighted by molar-refractivity contribution is 7.89. The van der Waals surface area contributed by atoms with Crippen LogP contribution in [0.2, 0.25) is 5.02 Å². The summed E-state index contributed by atoms with van der Waals surface area (Å²) in [4.78, 5) is 2.05. The third-order valence-corrected chi connectivity index (χ3v) is 4.22. The van der Waals surface area contributed by atoms with Gasteiger partial charge in [-0.3, -0.25) is 0 Å². The molecule has 0 radical (unpaired) electrons. The Morgan fingerprint density at radius 1 is 1.42 bits per heavy atom. The van der Waals surface area contributed by atoms with Gasteiger partial charge in [0.15, 0.2) is 0 Å². The quantitative estimate of drug-likeness (QED) is 0.807. The number of hydrogen-bond donors (Lipinski definition) is 1. The predicted molar refractivity (Wildman–Crippen MR) is 74.5 cm³/mol. The lowest BCUT2D eigenvalue weighted by Gasteiger charge is -2.10. The Bertz CT molecular complexity index is 579. The number of nitrogens with one attached hydrogen (secondary N) is 1. The molecule has 0 aliphatic rings. The lowest BCUT2D eigenvalue weighted by atomic mass is 10.2. The van der Waals surface area contributed by atoms with Crippen molar-refractivity contribution in [3.05, 3.63) is 28.8 Å². The second-order valence-electron chi connectivity index (χ2n) is 4.31. The maximum atomic E-state index is 12.0. The van der Waals surface area contributed by atoms with Gasteiger partial charge in [0.2, 0.25) is 10.0 Å². The second kappa shape index (κ2) is 6.87. The zero-order chi connectivity index (χ0) is 14.5. The van der Waals surface area contributed by atoms with Crippen LogP contribution in [0.1, 0.15) is 12.0 Å². The third kappa shape index (κ3) is 4.80. The molecular weight excluding hydrogens is 286 g/mol. The van der Waals surface area contributed by atoms with Gasteiger partial charge in [-0.1, -0.05) is 11.6 Å². The minimum atomic E-state index is -3.57. The van der Waals surface area contributed by atoms with Gasteiger partial charge in [-0.15, -0.1) is 0 Å². The fraction of sp³-hybridized carbons (Fsp3) is 0.417. The molecule has 1 aromatic carbocycles. The molecule has 0 saturated carbocycles. The van der Waals surface area contributed by atoms with Crippen LogP contribution in [0.5, 0.6) is 0 Å². The summed E-state index contributed by atoms with van der Waals surface area (Å²) in [6.07, 6.45) is 0.718. The molecule has 5 nitrogen and oxygen atoms in total. The van der Waals surface area contributed by atoms with Crippen LogP contribution in [0.15, 0.2) is 23.1 Å². The second-order valence-corrected chi connectivity index (χ2v) is 6.48. The Morgan fingerprint density at radius 3 is 2.63 bits per heavy atom. The van der Waals surface area contributed by atoms with E-state index in [-0.39, 0.29) is 15.5 Å². The van der Waals surface area contributed by atoms with Gasteiger partial charge in [-0.2, -0.15) is 5.26 Å². The van der Waals surface area contributed by atoms with Crippen molar-refractivity contribution in [3.8, 4) is 6.07 Å². The van der Waals surface area contributed by atoms with E-state index in [1.807, 2.05) is 25.1 Å². The van der Waals surface area contributed by atoms with Gasteiger partial charge in [0, 0.05) is 6.54 Å². The summed E-state index contributed by atoms with van der Waals surface area (Å²) in [5.41, 5.74) is 0.258. The van der Waals surface area contributed by atoms with Gasteiger partial charge in [-0.05, 0) is 45.3 Å². The topological polar surface area (TPSA) is 73.2 Å². The van der Waals surface area contributed by atoms with Crippen molar-refractivity contribution in [1.82, 2.24) is 9.62 Å². The SMILES string of the molecule is CN(C)CCCNS(=O)(=O)c1ccc(C#N)c(Cl)c1. The molecule has 1 N–H and O–H groups in total. The van der Waals surface area contributed by atoms with Crippen molar-refractivity contribution in [2.24, 2.45) is 0 Å². The van der Waals surface area contributed by atoms with E-state index in [9.17, 15) is 8.42 Å². The lowest BCUT2D eigenvalue weighted by Crippen LogP contribution is -2.27. The molecule has 0 atom stereocenters. The summed E-state index contributed by atoms with van der Waals surface area (Å²) in [6, 6.07) is 5.95. The summed E-state index contributed by atoms with van der Waals surface area (Å²) < 4.78 is 26.4. The minimum absolute atomic E-state index is 0.0707. The first kappa shape index (κ1) is 15.9. The molecule has 0 fully saturated rings. The van der Waals surface area contributed by atoms with E-state index < -0.39 is 10.0 Å². The molecule has 1 rings (SSSR count). The largest absolute Gasteiger partial charge is 0.309 e. The van der Waals surface area contributed by atoms with E-state index >= 15 is 0 Å². The van der Waals surface area contributed by atoms with Crippen LogP contribution in [0, 0.1) is 11.3 Å². The average Bonchev–Trinajstić information content (AvgIpc) is 2.34. The molecule has 0 amide bonds. The van der Waals surface area contributed by atoms with E-state index in [0.717, 1.165) is 13.0 Å². The monoisotopic (exact) mass is 301 g/mol. The highest BCUT2D eigenvalue weighted by atomic mass is 35.5. The number of nitriles is 1. The summed E-state index contributed by atoms with van der Waals surface area (Å²) in [7, 11) is 0.283. The molecule has 0 bridgehead atoms. The smallest absolute Gasteiger partial charge is 0.240 e. The number of sulfonamides is 1. The summed E-state index contributed by atoms with van der Waals surface area (Å²) in [5, 5.41) is 8.87. The summed E-state index contributed by atoms with van der Waals surface area (Å²) in [6.45, 7) is 1.16. The van der Waals surface area contributed by atoms with Crippen LogP contribution in [-0.2, 0) is 10.0 Å². The van der Waals surface area contributed by atoms with E-state index in [4.69, 9.17) is 16.9 Å². The first-order chi connectivity index (χ1) is 8.86. The number of rotatable bonds is 6. The molecule has 7 heteroatoms. The van der Waals surface area contributed by atoms with Gasteiger partial charge in [0.05, 0.1) is 15.5 Å². The first-order valence-electron chi connectivity index (χ1n) is 5.71.